The third-order valence-electron chi connectivity index (χ3n) is 5.08. The Kier molecular flexibility index (Phi) is 6.54. The Morgan fingerprint density at radius 2 is 1.86 bits per heavy atom. The van der Waals surface area contributed by atoms with Crippen LogP contribution in [0.3, 0.4) is 0 Å². The van der Waals surface area contributed by atoms with Crippen LogP contribution in [0.15, 0.2) is 46.7 Å². The molecule has 1 atom stereocenters. The zero-order valence-corrected chi connectivity index (χ0v) is 17.6. The zero-order chi connectivity index (χ0) is 21.2. The Hall–Kier alpha value is -2.76. The predicted octanol–water partition coefficient (Wildman–Crippen LogP) is 4.13. The minimum Gasteiger partial charge on any atom is -0.327 e. The van der Waals surface area contributed by atoms with Gasteiger partial charge in [0.2, 0.25) is 0 Å². The Morgan fingerprint density at radius 1 is 1.21 bits per heavy atom. The van der Waals surface area contributed by atoms with Crippen molar-refractivity contribution in [2.45, 2.75) is 40.7 Å². The first kappa shape index (κ1) is 21.5. The molecule has 6 heteroatoms. The number of piperazine rings is 1. The average molecular weight is 384 g/mol. The van der Waals surface area contributed by atoms with E-state index in [0.717, 1.165) is 17.2 Å². The van der Waals surface area contributed by atoms with E-state index >= 15 is 0 Å². The molecule has 28 heavy (non-hydrogen) atoms. The van der Waals surface area contributed by atoms with Crippen LogP contribution in [0.1, 0.15) is 42.3 Å². The summed E-state index contributed by atoms with van der Waals surface area (Å²) < 4.78 is 14.3. The summed E-state index contributed by atoms with van der Waals surface area (Å²) in [7, 11) is 1.70. The number of carbonyl (C=O) groups is 1. The molecular weight excluding hydrogens is 355 g/mol. The topological polar surface area (TPSA) is 48.3 Å². The minimum absolute atomic E-state index is 0.192. The van der Waals surface area contributed by atoms with Gasteiger partial charge in [0.25, 0.3) is 5.91 Å². The van der Waals surface area contributed by atoms with Crippen molar-refractivity contribution in [1.82, 2.24) is 9.80 Å². The van der Waals surface area contributed by atoms with Gasteiger partial charge in [0, 0.05) is 31.4 Å². The highest BCUT2D eigenvalue weighted by Crippen LogP contribution is 2.23. The highest BCUT2D eigenvalue weighted by Gasteiger charge is 2.35. The van der Waals surface area contributed by atoms with Gasteiger partial charge in [-0.2, -0.15) is 0 Å². The monoisotopic (exact) mass is 384 g/mol. The molecule has 1 aliphatic heterocycles. The smallest absolute Gasteiger partial charge is 0.254 e. The number of aliphatic imine (C=N–C) groups is 2. The van der Waals surface area contributed by atoms with Crippen LogP contribution >= 0.6 is 0 Å². The summed E-state index contributed by atoms with van der Waals surface area (Å²) in [6.07, 6.45) is 0. The highest BCUT2D eigenvalue weighted by atomic mass is 19.1. The molecule has 1 saturated heterocycles. The number of aryl methyl sites for hydroxylation is 1. The van der Waals surface area contributed by atoms with Gasteiger partial charge in [-0.3, -0.25) is 14.8 Å². The van der Waals surface area contributed by atoms with Gasteiger partial charge in [0.1, 0.15) is 11.7 Å². The molecule has 1 heterocycles. The predicted molar refractivity (Wildman–Crippen MR) is 114 cm³/mol. The zero-order valence-electron chi connectivity index (χ0n) is 17.6. The Bertz CT molecular complexity index is 885. The normalized spacial score (nSPS) is 19.2. The van der Waals surface area contributed by atoms with Crippen molar-refractivity contribution in [1.29, 1.82) is 0 Å². The van der Waals surface area contributed by atoms with Crippen LogP contribution in [-0.4, -0.2) is 53.4 Å². The average Bonchev–Trinajstić information content (AvgIpc) is 2.64. The standard InChI is InChI=1S/C22H29FN4O/c1-13(2)25-16(5)17(6)26-11-12-27(18(7)21(26)24-8)22(28)19-10-9-14(3)20(23)15(19)4/h9-10,18H,1,6,11-12H2,2-5,7-8H3/b24-21-,25-16+/t18-/m1/s1. The van der Waals surface area contributed by atoms with Gasteiger partial charge in [-0.25, -0.2) is 4.39 Å². The second kappa shape index (κ2) is 8.50. The number of amidine groups is 1. The van der Waals surface area contributed by atoms with E-state index in [9.17, 15) is 9.18 Å². The molecule has 0 saturated carbocycles. The summed E-state index contributed by atoms with van der Waals surface area (Å²) in [6.45, 7) is 17.9. The van der Waals surface area contributed by atoms with Crippen molar-refractivity contribution in [3.63, 3.8) is 0 Å². The molecule has 0 N–H and O–H groups in total. The highest BCUT2D eigenvalue weighted by molar-refractivity contribution is 6.05. The fraction of sp³-hybridized carbons (Fsp3) is 0.409. The van der Waals surface area contributed by atoms with Crippen LogP contribution in [0.5, 0.6) is 0 Å². The van der Waals surface area contributed by atoms with Crippen molar-refractivity contribution in [3.05, 3.63) is 59.2 Å². The molecule has 0 radical (unpaired) electrons. The molecule has 0 unspecified atom stereocenters. The Labute approximate surface area is 167 Å². The molecular formula is C22H29FN4O. The summed E-state index contributed by atoms with van der Waals surface area (Å²) in [4.78, 5) is 25.6. The number of benzene rings is 1. The number of hydrogen-bond acceptors (Lipinski definition) is 3. The van der Waals surface area contributed by atoms with Crippen LogP contribution in [0, 0.1) is 19.7 Å². The molecule has 0 spiro atoms. The number of rotatable bonds is 4. The van der Waals surface area contributed by atoms with E-state index in [0.29, 0.717) is 35.5 Å². The van der Waals surface area contributed by atoms with Crippen molar-refractivity contribution < 1.29 is 9.18 Å². The van der Waals surface area contributed by atoms with Crippen LogP contribution < -0.4 is 0 Å². The van der Waals surface area contributed by atoms with Crippen molar-refractivity contribution >= 4 is 17.5 Å². The summed E-state index contributed by atoms with van der Waals surface area (Å²) >= 11 is 0. The third-order valence-corrected chi connectivity index (χ3v) is 5.08. The Balaban J connectivity index is 2.31. The summed E-state index contributed by atoms with van der Waals surface area (Å²) in [6, 6.07) is 3.06. The number of hydrogen-bond donors (Lipinski definition) is 0. The number of amides is 1. The quantitative estimate of drug-likeness (QED) is 0.733. The first-order valence-electron chi connectivity index (χ1n) is 9.31. The first-order valence-corrected chi connectivity index (χ1v) is 9.31. The molecule has 0 aromatic heterocycles. The summed E-state index contributed by atoms with van der Waals surface area (Å²) in [5, 5.41) is 0. The fourth-order valence-electron chi connectivity index (χ4n) is 3.49. The minimum atomic E-state index is -0.332. The van der Waals surface area contributed by atoms with Crippen LogP contribution in [0.25, 0.3) is 0 Å². The van der Waals surface area contributed by atoms with Crippen molar-refractivity contribution in [3.8, 4) is 0 Å². The lowest BCUT2D eigenvalue weighted by Gasteiger charge is -2.42. The van der Waals surface area contributed by atoms with E-state index in [1.165, 1.54) is 0 Å². The number of halogens is 1. The van der Waals surface area contributed by atoms with Crippen LogP contribution in [-0.2, 0) is 0 Å². The van der Waals surface area contributed by atoms with Crippen LogP contribution in [0.2, 0.25) is 0 Å². The van der Waals surface area contributed by atoms with Crippen LogP contribution in [0.4, 0.5) is 4.39 Å². The number of allylic oxidation sites excluding steroid dienone is 2. The molecule has 1 fully saturated rings. The van der Waals surface area contributed by atoms with Crippen molar-refractivity contribution in [2.75, 3.05) is 20.1 Å². The molecule has 1 aromatic carbocycles. The molecule has 0 aliphatic carbocycles. The Morgan fingerprint density at radius 3 is 2.43 bits per heavy atom. The van der Waals surface area contributed by atoms with Gasteiger partial charge >= 0.3 is 0 Å². The molecule has 1 aliphatic rings. The van der Waals surface area contributed by atoms with E-state index < -0.39 is 0 Å². The summed E-state index contributed by atoms with van der Waals surface area (Å²) in [5.74, 6) is 0.204. The third kappa shape index (κ3) is 4.06. The van der Waals surface area contributed by atoms with E-state index in [1.54, 1.807) is 37.9 Å². The largest absolute Gasteiger partial charge is 0.327 e. The molecule has 1 amide bonds. The maximum atomic E-state index is 14.3. The van der Waals surface area contributed by atoms with Gasteiger partial charge in [-0.15, -0.1) is 0 Å². The summed E-state index contributed by atoms with van der Waals surface area (Å²) in [5.41, 5.74) is 3.50. The van der Waals surface area contributed by atoms with Gasteiger partial charge in [-0.05, 0) is 51.8 Å². The fourth-order valence-corrected chi connectivity index (χ4v) is 3.49. The molecule has 5 nitrogen and oxygen atoms in total. The SMILES string of the molecule is C=C(C)/N=C(\C)C(=C)N1CCN(C(=O)c2ccc(C)c(F)c2C)[C@H](C)/C1=N/C. The second-order valence-corrected chi connectivity index (χ2v) is 7.16. The maximum Gasteiger partial charge on any atom is 0.254 e. The molecule has 150 valence electrons. The second-order valence-electron chi connectivity index (χ2n) is 7.16. The van der Waals surface area contributed by atoms with E-state index in [4.69, 9.17) is 0 Å². The van der Waals surface area contributed by atoms with Gasteiger partial charge in [0.15, 0.2) is 0 Å². The first-order chi connectivity index (χ1) is 13.1. The van der Waals surface area contributed by atoms with Gasteiger partial charge in [0.05, 0.1) is 17.5 Å². The number of nitrogens with zero attached hydrogens (tertiary/aromatic N) is 4. The van der Waals surface area contributed by atoms with Gasteiger partial charge in [-0.1, -0.05) is 19.2 Å². The maximum absolute atomic E-state index is 14.3. The van der Waals surface area contributed by atoms with E-state index in [2.05, 4.69) is 23.1 Å². The van der Waals surface area contributed by atoms with Gasteiger partial charge < -0.3 is 9.80 Å². The van der Waals surface area contributed by atoms with E-state index in [-0.39, 0.29) is 17.8 Å². The molecule has 0 bridgehead atoms. The lowest BCUT2D eigenvalue weighted by molar-refractivity contribution is 0.0694. The van der Waals surface area contributed by atoms with E-state index in [1.807, 2.05) is 25.7 Å². The molecule has 2 rings (SSSR count). The number of carbonyl (C=O) groups excluding carboxylic acids is 1. The molecule has 1 aromatic rings. The lowest BCUT2D eigenvalue weighted by Crippen LogP contribution is -2.57. The van der Waals surface area contributed by atoms with Crippen molar-refractivity contribution in [2.24, 2.45) is 9.98 Å². The lowest BCUT2D eigenvalue weighted by atomic mass is 10.0.